The first-order chi connectivity index (χ1) is 7.80. The molecule has 2 rings (SSSR count). The van der Waals surface area contributed by atoms with E-state index in [1.807, 2.05) is 0 Å². The van der Waals surface area contributed by atoms with E-state index >= 15 is 0 Å². The van der Waals surface area contributed by atoms with E-state index in [0.717, 1.165) is 24.3 Å². The fourth-order valence-electron chi connectivity index (χ4n) is 3.73. The zero-order valence-electron chi connectivity index (χ0n) is 12.0. The van der Waals surface area contributed by atoms with Gasteiger partial charge >= 0.3 is 0 Å². The molecular weight excluding hydrogens is 208 g/mol. The Morgan fingerprint density at radius 1 is 1.35 bits per heavy atom. The molecule has 2 aliphatic rings. The van der Waals surface area contributed by atoms with Gasteiger partial charge in [0.1, 0.15) is 0 Å². The molecule has 96 valence electrons. The third-order valence-corrected chi connectivity index (χ3v) is 5.47. The first-order valence-corrected chi connectivity index (χ1v) is 7.05. The van der Waals surface area contributed by atoms with Gasteiger partial charge in [0.05, 0.1) is 0 Å². The maximum absolute atomic E-state index is 12.5. The molecular formula is C16H26O. The second-order valence-corrected chi connectivity index (χ2v) is 7.10. The number of carbonyl (C=O) groups excluding carboxylic acids is 1. The molecule has 0 radical (unpaired) electrons. The number of rotatable bonds is 3. The first kappa shape index (κ1) is 12.9. The molecule has 0 amide bonds. The highest BCUT2D eigenvalue weighted by molar-refractivity contribution is 6.04. The van der Waals surface area contributed by atoms with Gasteiger partial charge in [0.25, 0.3) is 0 Å². The Hall–Kier alpha value is -0.590. The van der Waals surface area contributed by atoms with Gasteiger partial charge in [0.2, 0.25) is 0 Å². The summed E-state index contributed by atoms with van der Waals surface area (Å²) >= 11 is 0. The molecule has 2 atom stereocenters. The van der Waals surface area contributed by atoms with Gasteiger partial charge in [-0.05, 0) is 48.5 Å². The summed E-state index contributed by atoms with van der Waals surface area (Å²) in [5, 5.41) is 0. The normalized spacial score (nSPS) is 37.4. The Bertz CT molecular complexity index is 362. The Morgan fingerprint density at radius 2 is 2.00 bits per heavy atom. The van der Waals surface area contributed by atoms with Gasteiger partial charge in [0.15, 0.2) is 5.78 Å². The highest BCUT2D eigenvalue weighted by Gasteiger charge is 2.63. The van der Waals surface area contributed by atoms with E-state index in [1.165, 1.54) is 12.8 Å². The highest BCUT2D eigenvalue weighted by atomic mass is 16.1. The summed E-state index contributed by atoms with van der Waals surface area (Å²) in [6.07, 6.45) is 6.81. The number of carbonyl (C=O) groups is 1. The Morgan fingerprint density at radius 3 is 2.47 bits per heavy atom. The molecule has 0 aromatic rings. The molecule has 0 unspecified atom stereocenters. The van der Waals surface area contributed by atoms with Crippen LogP contribution in [-0.2, 0) is 4.79 Å². The van der Waals surface area contributed by atoms with Gasteiger partial charge in [-0.1, -0.05) is 40.7 Å². The second-order valence-electron chi connectivity index (χ2n) is 7.10. The quantitative estimate of drug-likeness (QED) is 0.662. The van der Waals surface area contributed by atoms with Crippen molar-refractivity contribution in [2.24, 2.45) is 22.7 Å². The van der Waals surface area contributed by atoms with E-state index in [0.29, 0.717) is 11.7 Å². The molecule has 0 saturated heterocycles. The van der Waals surface area contributed by atoms with Crippen molar-refractivity contribution in [1.82, 2.24) is 0 Å². The largest absolute Gasteiger partial charge is 0.294 e. The van der Waals surface area contributed by atoms with E-state index in [2.05, 4.69) is 40.7 Å². The van der Waals surface area contributed by atoms with Crippen molar-refractivity contribution in [1.29, 1.82) is 0 Å². The van der Waals surface area contributed by atoms with Crippen molar-refractivity contribution in [3.05, 3.63) is 11.6 Å². The summed E-state index contributed by atoms with van der Waals surface area (Å²) in [6.45, 7) is 11.2. The molecule has 2 bridgehead atoms. The lowest BCUT2D eigenvalue weighted by atomic mass is 9.70. The Labute approximate surface area is 106 Å². The maximum Gasteiger partial charge on any atom is 0.165 e. The minimum Gasteiger partial charge on any atom is -0.294 e. The number of allylic oxidation sites excluding steroid dienone is 2. The van der Waals surface area contributed by atoms with E-state index in [-0.39, 0.29) is 10.8 Å². The lowest BCUT2D eigenvalue weighted by Gasteiger charge is -2.31. The molecule has 0 aromatic heterocycles. The van der Waals surface area contributed by atoms with E-state index in [9.17, 15) is 4.79 Å². The van der Waals surface area contributed by atoms with Crippen LogP contribution in [0.2, 0.25) is 0 Å². The third-order valence-electron chi connectivity index (χ3n) is 5.47. The Kier molecular flexibility index (Phi) is 3.00. The van der Waals surface area contributed by atoms with E-state index < -0.39 is 0 Å². The summed E-state index contributed by atoms with van der Waals surface area (Å²) in [5.74, 6) is 1.69. The molecule has 0 aromatic carbocycles. The number of hydrogen-bond acceptors (Lipinski definition) is 1. The van der Waals surface area contributed by atoms with Crippen LogP contribution in [0.3, 0.4) is 0 Å². The van der Waals surface area contributed by atoms with Crippen LogP contribution in [0.25, 0.3) is 0 Å². The van der Waals surface area contributed by atoms with Crippen molar-refractivity contribution in [3.8, 4) is 0 Å². The molecule has 2 saturated carbocycles. The molecule has 2 fully saturated rings. The van der Waals surface area contributed by atoms with Crippen molar-refractivity contribution in [3.63, 3.8) is 0 Å². The van der Waals surface area contributed by atoms with Crippen LogP contribution >= 0.6 is 0 Å². The number of hydrogen-bond donors (Lipinski definition) is 0. The van der Waals surface area contributed by atoms with Crippen LogP contribution in [0.5, 0.6) is 0 Å². The van der Waals surface area contributed by atoms with Gasteiger partial charge in [-0.25, -0.2) is 0 Å². The second kappa shape index (κ2) is 3.96. The van der Waals surface area contributed by atoms with Crippen molar-refractivity contribution in [2.75, 3.05) is 0 Å². The van der Waals surface area contributed by atoms with Gasteiger partial charge < -0.3 is 0 Å². The monoisotopic (exact) mass is 234 g/mol. The van der Waals surface area contributed by atoms with Crippen molar-refractivity contribution >= 4 is 5.78 Å². The van der Waals surface area contributed by atoms with Crippen LogP contribution in [0, 0.1) is 22.7 Å². The summed E-state index contributed by atoms with van der Waals surface area (Å²) in [7, 11) is 0. The zero-order chi connectivity index (χ0) is 12.8. The van der Waals surface area contributed by atoms with Crippen LogP contribution in [0.4, 0.5) is 0 Å². The maximum atomic E-state index is 12.5. The molecule has 0 spiro atoms. The minimum atomic E-state index is -0.0820. The molecule has 1 heteroatoms. The summed E-state index contributed by atoms with van der Waals surface area (Å²) in [5.41, 5.74) is 1.25. The number of fused-ring (bicyclic) bond motifs is 2. The van der Waals surface area contributed by atoms with Gasteiger partial charge in [-0.2, -0.15) is 0 Å². The van der Waals surface area contributed by atoms with Gasteiger partial charge in [-0.3, -0.25) is 4.79 Å². The standard InChI is InChI=1S/C16H26O/c1-11(2)7-6-8-12-13-9-10-16(5,14(12)17)15(13,3)4/h8,11,13H,6-7,9-10H2,1-5H3/b12-8-/t13-,16-/m1/s1. The average molecular weight is 234 g/mol. The number of Topliss-reactive ketones (excluding diaryl/α,β-unsaturated/α-hetero) is 1. The predicted molar refractivity (Wildman–Crippen MR) is 71.8 cm³/mol. The van der Waals surface area contributed by atoms with Gasteiger partial charge in [-0.15, -0.1) is 0 Å². The number of ketones is 1. The highest BCUT2D eigenvalue weighted by Crippen LogP contribution is 2.65. The van der Waals surface area contributed by atoms with E-state index in [4.69, 9.17) is 0 Å². The lowest BCUT2D eigenvalue weighted by molar-refractivity contribution is -0.125. The molecule has 0 N–H and O–H groups in total. The van der Waals surface area contributed by atoms with Crippen LogP contribution in [0.1, 0.15) is 60.3 Å². The fourth-order valence-corrected chi connectivity index (χ4v) is 3.73. The van der Waals surface area contributed by atoms with Crippen LogP contribution < -0.4 is 0 Å². The molecule has 0 heterocycles. The van der Waals surface area contributed by atoms with E-state index in [1.54, 1.807) is 0 Å². The minimum absolute atomic E-state index is 0.0820. The predicted octanol–water partition coefficient (Wildman–Crippen LogP) is 4.37. The third kappa shape index (κ3) is 1.70. The summed E-state index contributed by atoms with van der Waals surface area (Å²) < 4.78 is 0. The first-order valence-electron chi connectivity index (χ1n) is 7.05. The molecule has 17 heavy (non-hydrogen) atoms. The Balaban J connectivity index is 2.20. The van der Waals surface area contributed by atoms with Crippen LogP contribution in [0.15, 0.2) is 11.6 Å². The molecule has 2 aliphatic carbocycles. The van der Waals surface area contributed by atoms with Crippen molar-refractivity contribution < 1.29 is 4.79 Å². The molecule has 1 nitrogen and oxygen atoms in total. The summed E-state index contributed by atoms with van der Waals surface area (Å²) in [4.78, 5) is 12.5. The van der Waals surface area contributed by atoms with Crippen molar-refractivity contribution in [2.45, 2.75) is 60.3 Å². The van der Waals surface area contributed by atoms with Gasteiger partial charge in [0, 0.05) is 5.41 Å². The fraction of sp³-hybridized carbons (Fsp3) is 0.812. The summed E-state index contributed by atoms with van der Waals surface area (Å²) in [6, 6.07) is 0. The van der Waals surface area contributed by atoms with Crippen LogP contribution in [-0.4, -0.2) is 5.78 Å². The zero-order valence-corrected chi connectivity index (χ0v) is 12.0. The molecule has 0 aliphatic heterocycles. The lowest BCUT2D eigenvalue weighted by Crippen LogP contribution is -2.32. The smallest absolute Gasteiger partial charge is 0.165 e. The average Bonchev–Trinajstić information content (AvgIpc) is 2.52. The topological polar surface area (TPSA) is 17.1 Å². The SMILES string of the molecule is CC(C)CC/C=C1\C(=O)[C@@]2(C)CC[C@H]1C2(C)C.